The van der Waals surface area contributed by atoms with E-state index in [1.807, 2.05) is 44.4 Å². The van der Waals surface area contributed by atoms with Gasteiger partial charge in [-0.25, -0.2) is 4.98 Å². The molecule has 0 saturated heterocycles. The first kappa shape index (κ1) is 12.3. The Morgan fingerprint density at radius 2 is 1.85 bits per heavy atom. The number of pyridine rings is 1. The minimum atomic E-state index is 0.875. The van der Waals surface area contributed by atoms with E-state index >= 15 is 0 Å². The molecule has 2 heterocycles. The lowest BCUT2D eigenvalue weighted by atomic mass is 10.2. The number of hydrogen-bond donors (Lipinski definition) is 1. The SMILES string of the molecule is CN(C)c1ccc(C#Cc2cc3cccnc3[nH]2)cc1. The van der Waals surface area contributed by atoms with Crippen LogP contribution in [0.4, 0.5) is 5.69 Å². The lowest BCUT2D eigenvalue weighted by Crippen LogP contribution is -2.07. The molecule has 3 rings (SSSR count). The van der Waals surface area contributed by atoms with Crippen LogP contribution in [0.25, 0.3) is 11.0 Å². The molecule has 1 aromatic carbocycles. The Kier molecular flexibility index (Phi) is 3.14. The maximum atomic E-state index is 4.26. The van der Waals surface area contributed by atoms with Crippen molar-refractivity contribution in [3.8, 4) is 11.8 Å². The summed E-state index contributed by atoms with van der Waals surface area (Å²) in [5, 5.41) is 1.08. The maximum absolute atomic E-state index is 4.26. The fourth-order valence-corrected chi connectivity index (χ4v) is 2.01. The van der Waals surface area contributed by atoms with Crippen LogP contribution in [0.3, 0.4) is 0 Å². The molecule has 0 atom stereocenters. The van der Waals surface area contributed by atoms with Gasteiger partial charge >= 0.3 is 0 Å². The Morgan fingerprint density at radius 1 is 1.05 bits per heavy atom. The highest BCUT2D eigenvalue weighted by atomic mass is 15.1. The van der Waals surface area contributed by atoms with Gasteiger partial charge < -0.3 is 9.88 Å². The second-order valence-corrected chi connectivity index (χ2v) is 4.82. The molecule has 20 heavy (non-hydrogen) atoms. The number of nitrogens with one attached hydrogen (secondary N) is 1. The zero-order valence-electron chi connectivity index (χ0n) is 11.5. The van der Waals surface area contributed by atoms with Gasteiger partial charge in [-0.2, -0.15) is 0 Å². The lowest BCUT2D eigenvalue weighted by Gasteiger charge is -2.11. The second-order valence-electron chi connectivity index (χ2n) is 4.82. The third kappa shape index (κ3) is 2.50. The number of nitrogens with zero attached hydrogens (tertiary/aromatic N) is 2. The van der Waals surface area contributed by atoms with Crippen molar-refractivity contribution in [2.24, 2.45) is 0 Å². The summed E-state index contributed by atoms with van der Waals surface area (Å²) in [6, 6.07) is 14.2. The van der Waals surface area contributed by atoms with E-state index in [-0.39, 0.29) is 0 Å². The number of anilines is 1. The summed E-state index contributed by atoms with van der Waals surface area (Å²) in [6.45, 7) is 0. The van der Waals surface area contributed by atoms with Crippen LogP contribution in [0.2, 0.25) is 0 Å². The molecule has 0 aliphatic carbocycles. The molecule has 0 aliphatic rings. The standard InChI is InChI=1S/C17H15N3/c1-20(2)16-9-6-13(7-10-16)5-8-15-12-14-4-3-11-18-17(14)19-15/h3-4,6-7,9-12H,1-2H3,(H,18,19). The van der Waals surface area contributed by atoms with E-state index in [9.17, 15) is 0 Å². The highest BCUT2D eigenvalue weighted by Gasteiger charge is 1.98. The van der Waals surface area contributed by atoms with Crippen molar-refractivity contribution in [1.29, 1.82) is 0 Å². The van der Waals surface area contributed by atoms with Crippen LogP contribution in [-0.2, 0) is 0 Å². The molecule has 0 aliphatic heterocycles. The van der Waals surface area contributed by atoms with Crippen LogP contribution in [0.5, 0.6) is 0 Å². The number of hydrogen-bond acceptors (Lipinski definition) is 2. The normalized spacial score (nSPS) is 10.1. The Hall–Kier alpha value is -2.73. The van der Waals surface area contributed by atoms with Gasteiger partial charge in [-0.1, -0.05) is 5.92 Å². The van der Waals surface area contributed by atoms with E-state index in [1.165, 1.54) is 5.69 Å². The Labute approximate surface area is 118 Å². The van der Waals surface area contributed by atoms with Crippen LogP contribution >= 0.6 is 0 Å². The van der Waals surface area contributed by atoms with Crippen LogP contribution in [0, 0.1) is 11.8 Å². The average Bonchev–Trinajstić information content (AvgIpc) is 2.88. The molecule has 0 amide bonds. The topological polar surface area (TPSA) is 31.9 Å². The van der Waals surface area contributed by atoms with E-state index in [1.54, 1.807) is 6.20 Å². The van der Waals surface area contributed by atoms with Gasteiger partial charge in [-0.05, 0) is 48.4 Å². The molecule has 3 nitrogen and oxygen atoms in total. The summed E-state index contributed by atoms with van der Waals surface area (Å²) in [4.78, 5) is 9.53. The van der Waals surface area contributed by atoms with E-state index in [0.717, 1.165) is 22.3 Å². The van der Waals surface area contributed by atoms with Crippen molar-refractivity contribution in [2.75, 3.05) is 19.0 Å². The van der Waals surface area contributed by atoms with Gasteiger partial charge in [0, 0.05) is 36.9 Å². The molecule has 0 radical (unpaired) electrons. The van der Waals surface area contributed by atoms with Gasteiger partial charge in [0.05, 0.1) is 5.69 Å². The summed E-state index contributed by atoms with van der Waals surface area (Å²) in [6.07, 6.45) is 1.77. The smallest absolute Gasteiger partial charge is 0.138 e. The average molecular weight is 261 g/mol. The van der Waals surface area contributed by atoms with Crippen molar-refractivity contribution in [3.05, 3.63) is 59.9 Å². The number of H-pyrrole nitrogens is 1. The molecule has 0 fully saturated rings. The van der Waals surface area contributed by atoms with Gasteiger partial charge in [-0.3, -0.25) is 0 Å². The first-order valence-corrected chi connectivity index (χ1v) is 6.45. The molecule has 98 valence electrons. The first-order chi connectivity index (χ1) is 9.72. The minimum Gasteiger partial charge on any atom is -0.378 e. The Morgan fingerprint density at radius 3 is 2.55 bits per heavy atom. The molecule has 0 spiro atoms. The van der Waals surface area contributed by atoms with Gasteiger partial charge in [0.1, 0.15) is 5.65 Å². The Bertz CT molecular complexity index is 753. The van der Waals surface area contributed by atoms with Gasteiger partial charge in [0.2, 0.25) is 0 Å². The minimum absolute atomic E-state index is 0.875. The summed E-state index contributed by atoms with van der Waals surface area (Å²) in [5.74, 6) is 6.30. The van der Waals surface area contributed by atoms with Crippen molar-refractivity contribution >= 4 is 16.7 Å². The van der Waals surface area contributed by atoms with E-state index < -0.39 is 0 Å². The fraction of sp³-hybridized carbons (Fsp3) is 0.118. The van der Waals surface area contributed by atoms with Crippen LogP contribution < -0.4 is 4.90 Å². The van der Waals surface area contributed by atoms with Crippen molar-refractivity contribution in [3.63, 3.8) is 0 Å². The van der Waals surface area contributed by atoms with Crippen LogP contribution in [0.1, 0.15) is 11.3 Å². The molecule has 0 unspecified atom stereocenters. The van der Waals surface area contributed by atoms with Crippen LogP contribution in [0.15, 0.2) is 48.7 Å². The highest BCUT2D eigenvalue weighted by Crippen LogP contribution is 2.13. The number of aromatic amines is 1. The third-order valence-electron chi connectivity index (χ3n) is 3.12. The molecule has 3 heteroatoms. The first-order valence-electron chi connectivity index (χ1n) is 6.45. The maximum Gasteiger partial charge on any atom is 0.138 e. The van der Waals surface area contributed by atoms with Crippen molar-refractivity contribution in [2.45, 2.75) is 0 Å². The second kappa shape index (κ2) is 5.10. The monoisotopic (exact) mass is 261 g/mol. The van der Waals surface area contributed by atoms with Crippen molar-refractivity contribution < 1.29 is 0 Å². The zero-order valence-corrected chi connectivity index (χ0v) is 11.5. The van der Waals surface area contributed by atoms with Gasteiger partial charge in [-0.15, -0.1) is 0 Å². The van der Waals surface area contributed by atoms with Gasteiger partial charge in [0.25, 0.3) is 0 Å². The number of aromatic nitrogens is 2. The number of fused-ring (bicyclic) bond motifs is 1. The fourth-order valence-electron chi connectivity index (χ4n) is 2.01. The lowest BCUT2D eigenvalue weighted by molar-refractivity contribution is 1.13. The quantitative estimate of drug-likeness (QED) is 0.683. The molecule has 3 aromatic rings. The highest BCUT2D eigenvalue weighted by molar-refractivity contribution is 5.77. The summed E-state index contributed by atoms with van der Waals surface area (Å²) in [7, 11) is 4.05. The summed E-state index contributed by atoms with van der Waals surface area (Å²) >= 11 is 0. The summed E-state index contributed by atoms with van der Waals surface area (Å²) < 4.78 is 0. The molecular weight excluding hydrogens is 246 g/mol. The molecule has 1 N–H and O–H groups in total. The van der Waals surface area contributed by atoms with E-state index in [0.29, 0.717) is 0 Å². The Balaban J connectivity index is 1.87. The predicted molar refractivity (Wildman–Crippen MR) is 82.8 cm³/mol. The number of benzene rings is 1. The van der Waals surface area contributed by atoms with Crippen molar-refractivity contribution in [1.82, 2.24) is 9.97 Å². The zero-order chi connectivity index (χ0) is 13.9. The third-order valence-corrected chi connectivity index (χ3v) is 3.12. The molecule has 2 aromatic heterocycles. The van der Waals surface area contributed by atoms with Gasteiger partial charge in [0.15, 0.2) is 0 Å². The molecule has 0 saturated carbocycles. The predicted octanol–water partition coefficient (Wildman–Crippen LogP) is 3.03. The molecule has 0 bridgehead atoms. The number of rotatable bonds is 1. The largest absolute Gasteiger partial charge is 0.378 e. The van der Waals surface area contributed by atoms with E-state index in [2.05, 4.69) is 38.8 Å². The van der Waals surface area contributed by atoms with E-state index in [4.69, 9.17) is 0 Å². The van der Waals surface area contributed by atoms with Crippen LogP contribution in [-0.4, -0.2) is 24.1 Å². The summed E-state index contributed by atoms with van der Waals surface area (Å²) in [5.41, 5.74) is 3.93. The molecular formula is C17H15N3.